The molecule has 0 bridgehead atoms. The average molecular weight is 262 g/mol. The van der Waals surface area contributed by atoms with E-state index in [0.29, 0.717) is 6.04 Å². The van der Waals surface area contributed by atoms with Crippen molar-refractivity contribution in [1.82, 2.24) is 10.2 Å². The second kappa shape index (κ2) is 9.99. The van der Waals surface area contributed by atoms with Crippen molar-refractivity contribution in [1.29, 1.82) is 0 Å². The Hall–Kier alpha value is -0.860. The molecule has 0 aromatic heterocycles. The largest absolute Gasteiger partial charge is 0.315 e. The van der Waals surface area contributed by atoms with Gasteiger partial charge in [0.25, 0.3) is 0 Å². The Morgan fingerprint density at radius 2 is 1.68 bits per heavy atom. The van der Waals surface area contributed by atoms with E-state index in [1.165, 1.54) is 37.7 Å². The fourth-order valence-electron chi connectivity index (χ4n) is 2.37. The molecule has 0 aliphatic heterocycles. The quantitative estimate of drug-likeness (QED) is 0.644. The van der Waals surface area contributed by atoms with Gasteiger partial charge in [-0.15, -0.1) is 0 Å². The van der Waals surface area contributed by atoms with Crippen LogP contribution in [0.3, 0.4) is 0 Å². The summed E-state index contributed by atoms with van der Waals surface area (Å²) in [6.07, 6.45) is 6.75. The van der Waals surface area contributed by atoms with E-state index in [2.05, 4.69) is 61.6 Å². The third kappa shape index (κ3) is 6.74. The maximum absolute atomic E-state index is 3.60. The van der Waals surface area contributed by atoms with Crippen LogP contribution in [0, 0.1) is 0 Å². The van der Waals surface area contributed by atoms with Crippen molar-refractivity contribution >= 4 is 0 Å². The standard InChI is InChI=1S/C17H30N2/c1-4-5-6-7-11-14-18-15-17(19(2)3)16-12-9-8-10-13-16/h8-10,12-13,17-18H,4-7,11,14-15H2,1-3H3. The minimum absolute atomic E-state index is 0.469. The van der Waals surface area contributed by atoms with Gasteiger partial charge in [0.15, 0.2) is 0 Å². The number of nitrogens with zero attached hydrogens (tertiary/aromatic N) is 1. The normalized spacial score (nSPS) is 12.8. The van der Waals surface area contributed by atoms with E-state index in [-0.39, 0.29) is 0 Å². The molecule has 0 radical (unpaired) electrons. The Morgan fingerprint density at radius 3 is 2.32 bits per heavy atom. The van der Waals surface area contributed by atoms with Crippen molar-refractivity contribution in [3.8, 4) is 0 Å². The number of unbranched alkanes of at least 4 members (excludes halogenated alkanes) is 4. The Morgan fingerprint density at radius 1 is 1.00 bits per heavy atom. The fraction of sp³-hybridized carbons (Fsp3) is 0.647. The zero-order chi connectivity index (χ0) is 13.9. The number of rotatable bonds is 10. The second-order valence-electron chi connectivity index (χ2n) is 5.51. The molecule has 108 valence electrons. The average Bonchev–Trinajstić information content (AvgIpc) is 2.42. The molecule has 0 aliphatic carbocycles. The van der Waals surface area contributed by atoms with Crippen LogP contribution in [0.5, 0.6) is 0 Å². The van der Waals surface area contributed by atoms with Crippen LogP contribution >= 0.6 is 0 Å². The van der Waals surface area contributed by atoms with Gasteiger partial charge in [0, 0.05) is 12.6 Å². The molecular formula is C17H30N2. The minimum Gasteiger partial charge on any atom is -0.315 e. The topological polar surface area (TPSA) is 15.3 Å². The van der Waals surface area contributed by atoms with Crippen molar-refractivity contribution < 1.29 is 0 Å². The molecule has 1 unspecified atom stereocenters. The van der Waals surface area contributed by atoms with Crippen LogP contribution in [0.1, 0.15) is 50.6 Å². The molecule has 0 saturated heterocycles. The smallest absolute Gasteiger partial charge is 0.0466 e. The Kier molecular flexibility index (Phi) is 8.52. The molecule has 1 aromatic carbocycles. The lowest BCUT2D eigenvalue weighted by molar-refractivity contribution is 0.288. The van der Waals surface area contributed by atoms with Crippen LogP contribution in [0.2, 0.25) is 0 Å². The SMILES string of the molecule is CCCCCCCNCC(c1ccccc1)N(C)C. The maximum atomic E-state index is 3.60. The summed E-state index contributed by atoms with van der Waals surface area (Å²) >= 11 is 0. The van der Waals surface area contributed by atoms with E-state index < -0.39 is 0 Å². The van der Waals surface area contributed by atoms with E-state index >= 15 is 0 Å². The summed E-state index contributed by atoms with van der Waals surface area (Å²) in [7, 11) is 4.31. The summed E-state index contributed by atoms with van der Waals surface area (Å²) in [5.74, 6) is 0. The minimum atomic E-state index is 0.469. The maximum Gasteiger partial charge on any atom is 0.0466 e. The molecule has 1 N–H and O–H groups in total. The van der Waals surface area contributed by atoms with Crippen molar-refractivity contribution in [2.75, 3.05) is 27.2 Å². The number of nitrogens with one attached hydrogen (secondary N) is 1. The summed E-state index contributed by atoms with van der Waals surface area (Å²) in [6, 6.07) is 11.2. The molecular weight excluding hydrogens is 232 g/mol. The third-order valence-electron chi connectivity index (χ3n) is 3.60. The molecule has 0 amide bonds. The zero-order valence-electron chi connectivity index (χ0n) is 12.9. The van der Waals surface area contributed by atoms with Gasteiger partial charge < -0.3 is 10.2 Å². The highest BCUT2D eigenvalue weighted by atomic mass is 15.1. The monoisotopic (exact) mass is 262 g/mol. The summed E-state index contributed by atoms with van der Waals surface area (Å²) in [5, 5.41) is 3.60. The highest BCUT2D eigenvalue weighted by Crippen LogP contribution is 2.16. The molecule has 1 aromatic rings. The van der Waals surface area contributed by atoms with Gasteiger partial charge in [-0.1, -0.05) is 62.9 Å². The van der Waals surface area contributed by atoms with Gasteiger partial charge >= 0.3 is 0 Å². The molecule has 1 rings (SSSR count). The number of hydrogen-bond donors (Lipinski definition) is 1. The Balaban J connectivity index is 2.24. The molecule has 1 atom stereocenters. The highest BCUT2D eigenvalue weighted by molar-refractivity contribution is 5.19. The van der Waals surface area contributed by atoms with Crippen LogP contribution in [-0.2, 0) is 0 Å². The summed E-state index contributed by atoms with van der Waals surface area (Å²) < 4.78 is 0. The lowest BCUT2D eigenvalue weighted by Crippen LogP contribution is -2.31. The van der Waals surface area contributed by atoms with Gasteiger partial charge in [-0.2, -0.15) is 0 Å². The Bertz CT molecular complexity index is 308. The van der Waals surface area contributed by atoms with Crippen LogP contribution in [0.4, 0.5) is 0 Å². The van der Waals surface area contributed by atoms with Crippen molar-refractivity contribution in [2.45, 2.75) is 45.1 Å². The molecule has 2 nitrogen and oxygen atoms in total. The lowest BCUT2D eigenvalue weighted by atomic mass is 10.1. The first-order valence-electron chi connectivity index (χ1n) is 7.67. The van der Waals surface area contributed by atoms with Gasteiger partial charge in [0.05, 0.1) is 0 Å². The lowest BCUT2D eigenvalue weighted by Gasteiger charge is -2.25. The number of benzene rings is 1. The first-order chi connectivity index (χ1) is 9.25. The molecule has 0 heterocycles. The van der Waals surface area contributed by atoms with Crippen LogP contribution < -0.4 is 5.32 Å². The summed E-state index contributed by atoms with van der Waals surface area (Å²) in [5.41, 5.74) is 1.39. The van der Waals surface area contributed by atoms with Gasteiger partial charge in [-0.25, -0.2) is 0 Å². The van der Waals surface area contributed by atoms with E-state index in [1.54, 1.807) is 0 Å². The molecule has 19 heavy (non-hydrogen) atoms. The first-order valence-corrected chi connectivity index (χ1v) is 7.67. The molecule has 0 spiro atoms. The molecule has 0 saturated carbocycles. The van der Waals surface area contributed by atoms with E-state index in [4.69, 9.17) is 0 Å². The van der Waals surface area contributed by atoms with Gasteiger partial charge in [0.2, 0.25) is 0 Å². The van der Waals surface area contributed by atoms with Gasteiger partial charge in [-0.05, 0) is 32.6 Å². The molecule has 0 fully saturated rings. The fourth-order valence-corrected chi connectivity index (χ4v) is 2.37. The second-order valence-corrected chi connectivity index (χ2v) is 5.51. The van der Waals surface area contributed by atoms with Crippen molar-refractivity contribution in [2.24, 2.45) is 0 Å². The van der Waals surface area contributed by atoms with Crippen LogP contribution in [-0.4, -0.2) is 32.1 Å². The highest BCUT2D eigenvalue weighted by Gasteiger charge is 2.12. The third-order valence-corrected chi connectivity index (χ3v) is 3.60. The van der Waals surface area contributed by atoms with Crippen LogP contribution in [0.15, 0.2) is 30.3 Å². The Labute approximate surface area is 119 Å². The van der Waals surface area contributed by atoms with E-state index in [9.17, 15) is 0 Å². The summed E-state index contributed by atoms with van der Waals surface area (Å²) in [4.78, 5) is 2.29. The summed E-state index contributed by atoms with van der Waals surface area (Å²) in [6.45, 7) is 4.44. The number of hydrogen-bond acceptors (Lipinski definition) is 2. The van der Waals surface area contributed by atoms with Crippen LogP contribution in [0.25, 0.3) is 0 Å². The first kappa shape index (κ1) is 16.2. The zero-order valence-corrected chi connectivity index (χ0v) is 12.9. The predicted molar refractivity (Wildman–Crippen MR) is 84.5 cm³/mol. The van der Waals surface area contributed by atoms with E-state index in [0.717, 1.165) is 13.1 Å². The van der Waals surface area contributed by atoms with Gasteiger partial charge in [0.1, 0.15) is 0 Å². The van der Waals surface area contributed by atoms with Crippen molar-refractivity contribution in [3.05, 3.63) is 35.9 Å². The number of likely N-dealkylation sites (N-methyl/N-ethyl adjacent to an activating group) is 1. The van der Waals surface area contributed by atoms with Gasteiger partial charge in [-0.3, -0.25) is 0 Å². The molecule has 2 heteroatoms. The van der Waals surface area contributed by atoms with E-state index in [1.807, 2.05) is 0 Å². The predicted octanol–water partition coefficient (Wildman–Crippen LogP) is 3.85. The van der Waals surface area contributed by atoms with Crippen molar-refractivity contribution in [3.63, 3.8) is 0 Å². The molecule has 0 aliphatic rings.